The molecule has 1 N–H and O–H groups in total. The number of fused-ring (bicyclic) bond motifs is 1. The lowest BCUT2D eigenvalue weighted by atomic mass is 10.1. The molecule has 152 valence electrons. The number of rotatable bonds is 4. The molecular weight excluding hydrogens is 368 g/mol. The van der Waals surface area contributed by atoms with Crippen LogP contribution in [-0.4, -0.2) is 68.2 Å². The smallest absolute Gasteiger partial charge is 0.219 e. The summed E-state index contributed by atoms with van der Waals surface area (Å²) in [5.74, 6) is 2.34. The second-order valence-corrected chi connectivity index (χ2v) is 7.39. The number of imidazole rings is 1. The second kappa shape index (κ2) is 7.79. The van der Waals surface area contributed by atoms with Crippen LogP contribution in [0.2, 0.25) is 0 Å². The highest BCUT2D eigenvalue weighted by Gasteiger charge is 2.25. The largest absolute Gasteiger partial charge is 0.395 e. The number of aliphatic hydroxyl groups excluding tert-OH is 1. The predicted octanol–water partition coefficient (Wildman–Crippen LogP) is 1.77. The third-order valence-corrected chi connectivity index (χ3v) is 5.42. The summed E-state index contributed by atoms with van der Waals surface area (Å²) in [6.07, 6.45) is 0. The summed E-state index contributed by atoms with van der Waals surface area (Å²) in [5, 5.41) is 9.67. The van der Waals surface area contributed by atoms with E-state index in [0.29, 0.717) is 38.5 Å². The van der Waals surface area contributed by atoms with E-state index < -0.39 is 0 Å². The number of carbonyl (C=O) groups is 1. The van der Waals surface area contributed by atoms with Crippen LogP contribution in [0.25, 0.3) is 22.6 Å². The summed E-state index contributed by atoms with van der Waals surface area (Å²) >= 11 is 0. The van der Waals surface area contributed by atoms with Crippen molar-refractivity contribution in [2.75, 3.05) is 37.7 Å². The summed E-state index contributed by atoms with van der Waals surface area (Å²) in [6.45, 7) is 8.69. The molecule has 0 atom stereocenters. The van der Waals surface area contributed by atoms with Gasteiger partial charge in [0.15, 0.2) is 17.0 Å². The van der Waals surface area contributed by atoms with Gasteiger partial charge in [0.25, 0.3) is 0 Å². The molecule has 0 spiro atoms. The number of aryl methyl sites for hydroxylation is 2. The molecule has 0 bridgehead atoms. The first-order valence-electron chi connectivity index (χ1n) is 9.91. The number of aromatic nitrogens is 4. The number of piperazine rings is 1. The predicted molar refractivity (Wildman–Crippen MR) is 112 cm³/mol. The minimum atomic E-state index is 0.0000108. The molecule has 1 aliphatic rings. The number of nitrogens with zero attached hydrogens (tertiary/aromatic N) is 6. The molecule has 0 unspecified atom stereocenters. The minimum absolute atomic E-state index is 0.0000108. The van der Waals surface area contributed by atoms with Crippen molar-refractivity contribution in [2.45, 2.75) is 27.3 Å². The SMILES string of the molecule is CC(=O)N1CCN(c2nc(C)nc3c2nc(-c2ccccc2C)n3CCO)CC1. The van der Waals surface area contributed by atoms with Crippen molar-refractivity contribution in [1.82, 2.24) is 24.4 Å². The summed E-state index contributed by atoms with van der Waals surface area (Å²) in [6, 6.07) is 8.08. The van der Waals surface area contributed by atoms with Gasteiger partial charge in [0.1, 0.15) is 11.6 Å². The average molecular weight is 394 g/mol. The number of anilines is 1. The number of carbonyl (C=O) groups excluding carboxylic acids is 1. The van der Waals surface area contributed by atoms with E-state index >= 15 is 0 Å². The van der Waals surface area contributed by atoms with E-state index in [1.54, 1.807) is 6.92 Å². The molecule has 2 aromatic heterocycles. The van der Waals surface area contributed by atoms with Crippen molar-refractivity contribution in [3.8, 4) is 11.4 Å². The summed E-state index contributed by atoms with van der Waals surface area (Å²) in [7, 11) is 0. The maximum absolute atomic E-state index is 11.7. The number of amides is 1. The molecule has 8 heteroatoms. The monoisotopic (exact) mass is 394 g/mol. The topological polar surface area (TPSA) is 87.4 Å². The Morgan fingerprint density at radius 3 is 2.45 bits per heavy atom. The molecule has 1 aromatic carbocycles. The van der Waals surface area contributed by atoms with Crippen LogP contribution < -0.4 is 4.90 Å². The van der Waals surface area contributed by atoms with E-state index in [1.807, 2.05) is 34.6 Å². The molecule has 1 saturated heterocycles. The Kier molecular flexibility index (Phi) is 5.19. The van der Waals surface area contributed by atoms with Crippen LogP contribution in [0.1, 0.15) is 18.3 Å². The molecular formula is C21H26N6O2. The third kappa shape index (κ3) is 3.55. The van der Waals surface area contributed by atoms with Gasteiger partial charge in [-0.2, -0.15) is 0 Å². The zero-order valence-corrected chi connectivity index (χ0v) is 17.1. The van der Waals surface area contributed by atoms with E-state index in [-0.39, 0.29) is 12.5 Å². The van der Waals surface area contributed by atoms with Gasteiger partial charge in [0, 0.05) is 45.2 Å². The van der Waals surface area contributed by atoms with Gasteiger partial charge in [-0.25, -0.2) is 15.0 Å². The van der Waals surface area contributed by atoms with Gasteiger partial charge < -0.3 is 19.5 Å². The number of aliphatic hydroxyl groups is 1. The van der Waals surface area contributed by atoms with Crippen LogP contribution in [0.5, 0.6) is 0 Å². The van der Waals surface area contributed by atoms with Crippen LogP contribution in [0.15, 0.2) is 24.3 Å². The first-order chi connectivity index (χ1) is 14.0. The highest BCUT2D eigenvalue weighted by Crippen LogP contribution is 2.31. The van der Waals surface area contributed by atoms with E-state index in [9.17, 15) is 9.90 Å². The Balaban J connectivity index is 1.84. The number of hydrogen-bond acceptors (Lipinski definition) is 6. The zero-order chi connectivity index (χ0) is 20.5. The molecule has 8 nitrogen and oxygen atoms in total. The lowest BCUT2D eigenvalue weighted by molar-refractivity contribution is -0.129. The Morgan fingerprint density at radius 1 is 1.07 bits per heavy atom. The first kappa shape index (κ1) is 19.3. The van der Waals surface area contributed by atoms with Gasteiger partial charge in [0.2, 0.25) is 5.91 Å². The van der Waals surface area contributed by atoms with E-state index in [1.165, 1.54) is 0 Å². The Hall–Kier alpha value is -3.00. The van der Waals surface area contributed by atoms with E-state index in [4.69, 9.17) is 9.97 Å². The molecule has 3 heterocycles. The number of hydrogen-bond donors (Lipinski definition) is 1. The van der Waals surface area contributed by atoms with Crippen LogP contribution in [0.3, 0.4) is 0 Å². The fourth-order valence-electron chi connectivity index (χ4n) is 3.89. The quantitative estimate of drug-likeness (QED) is 0.726. The molecule has 4 rings (SSSR count). The molecule has 3 aromatic rings. The van der Waals surface area contributed by atoms with E-state index in [2.05, 4.69) is 22.9 Å². The fourth-order valence-corrected chi connectivity index (χ4v) is 3.89. The van der Waals surface area contributed by atoms with Gasteiger partial charge in [-0.3, -0.25) is 4.79 Å². The van der Waals surface area contributed by atoms with Crippen LogP contribution in [0, 0.1) is 13.8 Å². The summed E-state index contributed by atoms with van der Waals surface area (Å²) in [4.78, 5) is 30.0. The summed E-state index contributed by atoms with van der Waals surface area (Å²) < 4.78 is 1.97. The van der Waals surface area contributed by atoms with E-state index in [0.717, 1.165) is 33.9 Å². The van der Waals surface area contributed by atoms with Crippen LogP contribution in [-0.2, 0) is 11.3 Å². The average Bonchev–Trinajstić information content (AvgIpc) is 3.06. The fraction of sp³-hybridized carbons (Fsp3) is 0.429. The first-order valence-corrected chi connectivity index (χ1v) is 9.91. The highest BCUT2D eigenvalue weighted by atomic mass is 16.3. The van der Waals surface area contributed by atoms with Gasteiger partial charge in [0.05, 0.1) is 6.61 Å². The molecule has 1 amide bonds. The van der Waals surface area contributed by atoms with Crippen molar-refractivity contribution in [2.24, 2.45) is 0 Å². The van der Waals surface area contributed by atoms with Crippen LogP contribution in [0.4, 0.5) is 5.82 Å². The standard InChI is InChI=1S/C21H26N6O2/c1-14-6-4-5-7-17(14)19-24-18-20(26-10-8-25(9-11-26)16(3)29)22-15(2)23-21(18)27(19)12-13-28/h4-7,28H,8-13H2,1-3H3. The Bertz CT molecular complexity index is 1050. The lowest BCUT2D eigenvalue weighted by Crippen LogP contribution is -2.48. The Labute approximate surface area is 169 Å². The van der Waals surface area contributed by atoms with Crippen molar-refractivity contribution in [1.29, 1.82) is 0 Å². The zero-order valence-electron chi connectivity index (χ0n) is 17.1. The molecule has 0 aliphatic carbocycles. The second-order valence-electron chi connectivity index (χ2n) is 7.39. The minimum Gasteiger partial charge on any atom is -0.395 e. The van der Waals surface area contributed by atoms with Crippen molar-refractivity contribution >= 4 is 22.9 Å². The summed E-state index contributed by atoms with van der Waals surface area (Å²) in [5.41, 5.74) is 3.60. The third-order valence-electron chi connectivity index (χ3n) is 5.42. The van der Waals surface area contributed by atoms with Gasteiger partial charge >= 0.3 is 0 Å². The number of benzene rings is 1. The van der Waals surface area contributed by atoms with Gasteiger partial charge in [-0.15, -0.1) is 0 Å². The molecule has 0 radical (unpaired) electrons. The van der Waals surface area contributed by atoms with Crippen molar-refractivity contribution < 1.29 is 9.90 Å². The normalized spacial score (nSPS) is 14.6. The van der Waals surface area contributed by atoms with Gasteiger partial charge in [-0.1, -0.05) is 24.3 Å². The molecule has 0 saturated carbocycles. The lowest BCUT2D eigenvalue weighted by Gasteiger charge is -2.34. The molecule has 1 fully saturated rings. The maximum atomic E-state index is 11.7. The van der Waals surface area contributed by atoms with Crippen LogP contribution >= 0.6 is 0 Å². The van der Waals surface area contributed by atoms with Crippen molar-refractivity contribution in [3.05, 3.63) is 35.7 Å². The van der Waals surface area contributed by atoms with Crippen molar-refractivity contribution in [3.63, 3.8) is 0 Å². The maximum Gasteiger partial charge on any atom is 0.219 e. The molecule has 29 heavy (non-hydrogen) atoms. The highest BCUT2D eigenvalue weighted by molar-refractivity contribution is 5.87. The van der Waals surface area contributed by atoms with Gasteiger partial charge in [-0.05, 0) is 19.4 Å². The Morgan fingerprint density at radius 2 is 1.79 bits per heavy atom. The molecule has 1 aliphatic heterocycles.